The maximum Gasteiger partial charge on any atom is 0.219 e. The van der Waals surface area contributed by atoms with Crippen molar-refractivity contribution < 1.29 is 14.9 Å². The van der Waals surface area contributed by atoms with Crippen molar-refractivity contribution in [3.8, 4) is 0 Å². The fourth-order valence-electron chi connectivity index (χ4n) is 2.54. The summed E-state index contributed by atoms with van der Waals surface area (Å²) in [5, 5.41) is 17.5. The molecule has 0 aliphatic carbocycles. The van der Waals surface area contributed by atoms with Crippen LogP contribution >= 0.6 is 0 Å². The highest BCUT2D eigenvalue weighted by atomic mass is 16.6. The fraction of sp³-hybridized carbons (Fsp3) is 0.895. The van der Waals surface area contributed by atoms with Crippen molar-refractivity contribution in [3.63, 3.8) is 0 Å². The van der Waals surface area contributed by atoms with Crippen LogP contribution in [0.15, 0.2) is 12.3 Å². The SMILES string of the molecule is CCCCCCCCCCCCCCCC=COC(O)CO. The van der Waals surface area contributed by atoms with Gasteiger partial charge in [0, 0.05) is 0 Å². The normalized spacial score (nSPS) is 12.9. The van der Waals surface area contributed by atoms with Crippen molar-refractivity contribution in [1.29, 1.82) is 0 Å². The van der Waals surface area contributed by atoms with Gasteiger partial charge in [-0.15, -0.1) is 0 Å². The average molecular weight is 315 g/mol. The molecule has 0 aromatic heterocycles. The van der Waals surface area contributed by atoms with E-state index in [0.29, 0.717) is 0 Å². The average Bonchev–Trinajstić information content (AvgIpc) is 2.54. The lowest BCUT2D eigenvalue weighted by atomic mass is 10.0. The summed E-state index contributed by atoms with van der Waals surface area (Å²) in [4.78, 5) is 0. The van der Waals surface area contributed by atoms with Crippen LogP contribution in [-0.2, 0) is 4.74 Å². The summed E-state index contributed by atoms with van der Waals surface area (Å²) in [7, 11) is 0. The van der Waals surface area contributed by atoms with Crippen LogP contribution in [0.25, 0.3) is 0 Å². The second-order valence-corrected chi connectivity index (χ2v) is 6.18. The van der Waals surface area contributed by atoms with Crippen LogP contribution in [0.3, 0.4) is 0 Å². The van der Waals surface area contributed by atoms with Gasteiger partial charge in [-0.2, -0.15) is 0 Å². The first-order valence-electron chi connectivity index (χ1n) is 9.40. The number of unbranched alkanes of at least 4 members (excludes halogenated alkanes) is 13. The Morgan fingerprint density at radius 2 is 1.23 bits per heavy atom. The topological polar surface area (TPSA) is 49.7 Å². The summed E-state index contributed by atoms with van der Waals surface area (Å²) in [5.74, 6) is 0. The largest absolute Gasteiger partial charge is 0.471 e. The van der Waals surface area contributed by atoms with E-state index in [0.717, 1.165) is 6.42 Å². The van der Waals surface area contributed by atoms with Gasteiger partial charge in [0.1, 0.15) is 6.61 Å². The molecule has 132 valence electrons. The van der Waals surface area contributed by atoms with Gasteiger partial charge < -0.3 is 14.9 Å². The van der Waals surface area contributed by atoms with Crippen LogP contribution in [0.4, 0.5) is 0 Å². The minimum absolute atomic E-state index is 0.358. The third kappa shape index (κ3) is 17.5. The number of rotatable bonds is 17. The molecule has 0 aromatic rings. The van der Waals surface area contributed by atoms with Gasteiger partial charge in [0.25, 0.3) is 0 Å². The standard InChI is InChI=1S/C19H38O3/c1-2-3-4-5-6-7-8-9-10-11-12-13-14-15-16-17-22-19(21)18-20/h16-17,19-21H,2-15,18H2,1H3. The molecule has 0 radical (unpaired) electrons. The number of hydrogen-bond donors (Lipinski definition) is 2. The van der Waals surface area contributed by atoms with Crippen LogP contribution in [0.5, 0.6) is 0 Å². The zero-order chi connectivity index (χ0) is 16.3. The molecule has 0 amide bonds. The number of aliphatic hydroxyl groups is 2. The quantitative estimate of drug-likeness (QED) is 0.217. The summed E-state index contributed by atoms with van der Waals surface area (Å²) in [5.41, 5.74) is 0. The summed E-state index contributed by atoms with van der Waals surface area (Å²) in [6, 6.07) is 0. The summed E-state index contributed by atoms with van der Waals surface area (Å²) < 4.78 is 4.83. The van der Waals surface area contributed by atoms with Crippen molar-refractivity contribution in [2.24, 2.45) is 0 Å². The molecule has 0 fully saturated rings. The Hall–Kier alpha value is -0.540. The van der Waals surface area contributed by atoms with E-state index in [9.17, 15) is 0 Å². The minimum Gasteiger partial charge on any atom is -0.471 e. The first kappa shape index (κ1) is 21.5. The van der Waals surface area contributed by atoms with E-state index < -0.39 is 6.29 Å². The Morgan fingerprint density at radius 3 is 1.68 bits per heavy atom. The third-order valence-electron chi connectivity index (χ3n) is 3.96. The fourth-order valence-corrected chi connectivity index (χ4v) is 2.54. The smallest absolute Gasteiger partial charge is 0.219 e. The predicted molar refractivity (Wildman–Crippen MR) is 93.6 cm³/mol. The summed E-state index contributed by atoms with van der Waals surface area (Å²) >= 11 is 0. The molecule has 0 aliphatic rings. The van der Waals surface area contributed by atoms with Gasteiger partial charge in [0.15, 0.2) is 0 Å². The van der Waals surface area contributed by atoms with Gasteiger partial charge in [-0.3, -0.25) is 0 Å². The minimum atomic E-state index is -1.08. The van der Waals surface area contributed by atoms with Crippen molar-refractivity contribution in [3.05, 3.63) is 12.3 Å². The molecule has 0 spiro atoms. The first-order valence-corrected chi connectivity index (χ1v) is 9.40. The Bertz CT molecular complexity index is 229. The maximum absolute atomic E-state index is 8.95. The molecular formula is C19H38O3. The summed E-state index contributed by atoms with van der Waals surface area (Å²) in [6.07, 6.45) is 21.1. The van der Waals surface area contributed by atoms with Crippen molar-refractivity contribution in [2.45, 2.75) is 103 Å². The van der Waals surface area contributed by atoms with Crippen molar-refractivity contribution >= 4 is 0 Å². The molecule has 0 aromatic carbocycles. The highest BCUT2D eigenvalue weighted by Gasteiger charge is 1.96. The van der Waals surface area contributed by atoms with Crippen molar-refractivity contribution in [1.82, 2.24) is 0 Å². The lowest BCUT2D eigenvalue weighted by Crippen LogP contribution is -2.12. The van der Waals surface area contributed by atoms with Gasteiger partial charge in [0.2, 0.25) is 6.29 Å². The van der Waals surface area contributed by atoms with E-state index in [2.05, 4.69) is 6.92 Å². The van der Waals surface area contributed by atoms with E-state index in [1.807, 2.05) is 6.08 Å². The Kier molecular flexibility index (Phi) is 18.1. The highest BCUT2D eigenvalue weighted by Crippen LogP contribution is 2.13. The van der Waals surface area contributed by atoms with E-state index in [4.69, 9.17) is 14.9 Å². The van der Waals surface area contributed by atoms with Crippen LogP contribution < -0.4 is 0 Å². The molecule has 3 nitrogen and oxygen atoms in total. The zero-order valence-corrected chi connectivity index (χ0v) is 14.6. The van der Waals surface area contributed by atoms with Gasteiger partial charge in [-0.05, 0) is 18.9 Å². The van der Waals surface area contributed by atoms with Gasteiger partial charge in [-0.25, -0.2) is 0 Å². The zero-order valence-electron chi connectivity index (χ0n) is 14.6. The number of hydrogen-bond acceptors (Lipinski definition) is 3. The van der Waals surface area contributed by atoms with Crippen LogP contribution in [-0.4, -0.2) is 23.1 Å². The predicted octanol–water partition coefficient (Wildman–Crippen LogP) is 5.31. The molecule has 3 heteroatoms. The molecule has 0 aliphatic heterocycles. The monoisotopic (exact) mass is 314 g/mol. The molecule has 0 saturated heterocycles. The van der Waals surface area contributed by atoms with E-state index in [1.165, 1.54) is 89.7 Å². The van der Waals surface area contributed by atoms with Crippen molar-refractivity contribution in [2.75, 3.05) is 6.61 Å². The molecule has 1 atom stereocenters. The van der Waals surface area contributed by atoms with Crippen LogP contribution in [0.2, 0.25) is 0 Å². The maximum atomic E-state index is 8.95. The Labute approximate surface area is 137 Å². The molecule has 2 N–H and O–H groups in total. The van der Waals surface area contributed by atoms with E-state index in [-0.39, 0.29) is 6.61 Å². The van der Waals surface area contributed by atoms with Crippen LogP contribution in [0, 0.1) is 0 Å². The Balaban J connectivity index is 3.05. The molecular weight excluding hydrogens is 276 g/mol. The highest BCUT2D eigenvalue weighted by molar-refractivity contribution is 4.73. The second kappa shape index (κ2) is 18.5. The number of ether oxygens (including phenoxy) is 1. The lowest BCUT2D eigenvalue weighted by Gasteiger charge is -2.05. The first-order chi connectivity index (χ1) is 10.8. The number of aliphatic hydroxyl groups excluding tert-OH is 2. The summed E-state index contributed by atoms with van der Waals surface area (Å²) in [6.45, 7) is 1.91. The van der Waals surface area contributed by atoms with Gasteiger partial charge in [-0.1, -0.05) is 84.0 Å². The van der Waals surface area contributed by atoms with E-state index >= 15 is 0 Å². The van der Waals surface area contributed by atoms with Crippen LogP contribution in [0.1, 0.15) is 96.8 Å². The lowest BCUT2D eigenvalue weighted by molar-refractivity contribution is -0.0836. The molecule has 1 unspecified atom stereocenters. The molecule has 0 heterocycles. The molecule has 0 bridgehead atoms. The second-order valence-electron chi connectivity index (χ2n) is 6.18. The molecule has 0 saturated carbocycles. The molecule has 22 heavy (non-hydrogen) atoms. The van der Waals surface area contributed by atoms with Gasteiger partial charge >= 0.3 is 0 Å². The van der Waals surface area contributed by atoms with E-state index in [1.54, 1.807) is 0 Å². The number of allylic oxidation sites excluding steroid dienone is 1. The Morgan fingerprint density at radius 1 is 0.773 bits per heavy atom. The molecule has 0 rings (SSSR count). The van der Waals surface area contributed by atoms with Gasteiger partial charge in [0.05, 0.1) is 6.26 Å². The third-order valence-corrected chi connectivity index (χ3v) is 3.96.